The SMILES string of the molecule is O=c1ncc(Cl)cn1CC1CCCCN1. The summed E-state index contributed by atoms with van der Waals surface area (Å²) in [6.07, 6.45) is 6.58. The molecule has 1 fully saturated rings. The Morgan fingerprint density at radius 1 is 1.60 bits per heavy atom. The number of aromatic nitrogens is 2. The number of hydrogen-bond acceptors (Lipinski definition) is 3. The number of nitrogens with one attached hydrogen (secondary N) is 1. The monoisotopic (exact) mass is 227 g/mol. The fraction of sp³-hybridized carbons (Fsp3) is 0.600. The van der Waals surface area contributed by atoms with Crippen molar-refractivity contribution in [1.29, 1.82) is 0 Å². The van der Waals surface area contributed by atoms with Gasteiger partial charge < -0.3 is 5.32 Å². The van der Waals surface area contributed by atoms with Gasteiger partial charge >= 0.3 is 5.69 Å². The number of hydrogen-bond donors (Lipinski definition) is 1. The van der Waals surface area contributed by atoms with E-state index in [1.807, 2.05) is 0 Å². The van der Waals surface area contributed by atoms with Crippen molar-refractivity contribution < 1.29 is 0 Å². The van der Waals surface area contributed by atoms with Gasteiger partial charge in [-0.2, -0.15) is 0 Å². The highest BCUT2D eigenvalue weighted by atomic mass is 35.5. The van der Waals surface area contributed by atoms with Gasteiger partial charge in [-0.3, -0.25) is 4.57 Å². The molecule has 1 atom stereocenters. The van der Waals surface area contributed by atoms with E-state index < -0.39 is 0 Å². The second-order valence-corrected chi connectivity index (χ2v) is 4.29. The minimum absolute atomic E-state index is 0.230. The lowest BCUT2D eigenvalue weighted by Crippen LogP contribution is -2.40. The van der Waals surface area contributed by atoms with Crippen LogP contribution in [0.5, 0.6) is 0 Å². The molecule has 15 heavy (non-hydrogen) atoms. The van der Waals surface area contributed by atoms with Crippen molar-refractivity contribution in [1.82, 2.24) is 14.9 Å². The molecule has 0 aliphatic carbocycles. The Kier molecular flexibility index (Phi) is 3.38. The molecule has 0 amide bonds. The summed E-state index contributed by atoms with van der Waals surface area (Å²) >= 11 is 5.79. The second-order valence-electron chi connectivity index (χ2n) is 3.85. The van der Waals surface area contributed by atoms with E-state index in [0.717, 1.165) is 13.0 Å². The van der Waals surface area contributed by atoms with E-state index in [0.29, 0.717) is 17.6 Å². The molecule has 2 heterocycles. The average molecular weight is 228 g/mol. The molecule has 1 aromatic rings. The minimum atomic E-state index is -0.230. The first-order chi connectivity index (χ1) is 7.25. The molecule has 0 saturated carbocycles. The second kappa shape index (κ2) is 4.77. The molecule has 0 spiro atoms. The Hall–Kier alpha value is -0.870. The van der Waals surface area contributed by atoms with Gasteiger partial charge in [0.15, 0.2) is 0 Å². The number of nitrogens with zero attached hydrogens (tertiary/aromatic N) is 2. The van der Waals surface area contributed by atoms with Crippen molar-refractivity contribution in [3.63, 3.8) is 0 Å². The molecule has 1 aliphatic rings. The van der Waals surface area contributed by atoms with Crippen molar-refractivity contribution in [3.05, 3.63) is 27.9 Å². The molecule has 5 heteroatoms. The van der Waals surface area contributed by atoms with Crippen LogP contribution in [0.1, 0.15) is 19.3 Å². The van der Waals surface area contributed by atoms with Crippen LogP contribution in [0.25, 0.3) is 0 Å². The van der Waals surface area contributed by atoms with E-state index in [2.05, 4.69) is 10.3 Å². The van der Waals surface area contributed by atoms with E-state index in [4.69, 9.17) is 11.6 Å². The molecule has 0 radical (unpaired) electrons. The lowest BCUT2D eigenvalue weighted by molar-refractivity contribution is 0.358. The Bertz CT molecular complexity index is 384. The van der Waals surface area contributed by atoms with Crippen molar-refractivity contribution in [3.8, 4) is 0 Å². The van der Waals surface area contributed by atoms with E-state index in [-0.39, 0.29) is 5.69 Å². The largest absolute Gasteiger partial charge is 0.347 e. The number of piperidine rings is 1. The lowest BCUT2D eigenvalue weighted by atomic mass is 10.1. The summed E-state index contributed by atoms with van der Waals surface area (Å²) in [5, 5.41) is 3.89. The summed E-state index contributed by atoms with van der Waals surface area (Å²) in [6, 6.07) is 0.372. The maximum absolute atomic E-state index is 11.4. The van der Waals surface area contributed by atoms with Gasteiger partial charge in [-0.05, 0) is 19.4 Å². The van der Waals surface area contributed by atoms with Crippen molar-refractivity contribution in [2.24, 2.45) is 0 Å². The summed E-state index contributed by atoms with van der Waals surface area (Å²) in [4.78, 5) is 15.1. The van der Waals surface area contributed by atoms with Gasteiger partial charge in [-0.25, -0.2) is 9.78 Å². The first-order valence-corrected chi connectivity index (χ1v) is 5.59. The molecular weight excluding hydrogens is 214 g/mol. The van der Waals surface area contributed by atoms with Crippen LogP contribution in [-0.2, 0) is 6.54 Å². The number of halogens is 1. The van der Waals surface area contributed by atoms with Crippen LogP contribution in [0.4, 0.5) is 0 Å². The van der Waals surface area contributed by atoms with Crippen LogP contribution in [0.3, 0.4) is 0 Å². The molecule has 1 aromatic heterocycles. The summed E-state index contributed by atoms with van der Waals surface area (Å²) in [6.45, 7) is 1.69. The van der Waals surface area contributed by atoms with Crippen LogP contribution in [0, 0.1) is 0 Å². The van der Waals surface area contributed by atoms with Gasteiger partial charge in [0.2, 0.25) is 0 Å². The van der Waals surface area contributed by atoms with E-state index in [1.54, 1.807) is 10.8 Å². The van der Waals surface area contributed by atoms with Gasteiger partial charge in [0.25, 0.3) is 0 Å². The first kappa shape index (κ1) is 10.6. The fourth-order valence-electron chi connectivity index (χ4n) is 1.88. The molecule has 0 aromatic carbocycles. The molecule has 4 nitrogen and oxygen atoms in total. The average Bonchev–Trinajstić information content (AvgIpc) is 2.25. The molecule has 1 saturated heterocycles. The first-order valence-electron chi connectivity index (χ1n) is 5.21. The van der Waals surface area contributed by atoms with Gasteiger partial charge in [-0.15, -0.1) is 0 Å². The Balaban J connectivity index is 2.09. The van der Waals surface area contributed by atoms with Crippen LogP contribution in [0.2, 0.25) is 5.02 Å². The predicted octanol–water partition coefficient (Wildman–Crippen LogP) is 1.04. The Labute approximate surface area is 93.3 Å². The lowest BCUT2D eigenvalue weighted by Gasteiger charge is -2.23. The van der Waals surface area contributed by atoms with Crippen LogP contribution < -0.4 is 11.0 Å². The van der Waals surface area contributed by atoms with Crippen LogP contribution in [-0.4, -0.2) is 22.1 Å². The van der Waals surface area contributed by atoms with Gasteiger partial charge in [0.1, 0.15) is 0 Å². The molecule has 1 unspecified atom stereocenters. The zero-order valence-corrected chi connectivity index (χ0v) is 9.20. The highest BCUT2D eigenvalue weighted by Crippen LogP contribution is 2.09. The Morgan fingerprint density at radius 3 is 3.20 bits per heavy atom. The van der Waals surface area contributed by atoms with Crippen molar-refractivity contribution in [2.75, 3.05) is 6.54 Å². The summed E-state index contributed by atoms with van der Waals surface area (Å²) in [5.74, 6) is 0. The highest BCUT2D eigenvalue weighted by molar-refractivity contribution is 6.30. The van der Waals surface area contributed by atoms with E-state index >= 15 is 0 Å². The van der Waals surface area contributed by atoms with Gasteiger partial charge in [0, 0.05) is 18.8 Å². The third kappa shape index (κ3) is 2.79. The van der Waals surface area contributed by atoms with Gasteiger partial charge in [-0.1, -0.05) is 18.0 Å². The summed E-state index contributed by atoms with van der Waals surface area (Å²) in [5.41, 5.74) is -0.230. The summed E-state index contributed by atoms with van der Waals surface area (Å²) < 4.78 is 1.57. The third-order valence-corrected chi connectivity index (χ3v) is 2.85. The standard InChI is InChI=1S/C10H14ClN3O/c11-8-5-13-10(15)14(6-8)7-9-3-1-2-4-12-9/h5-6,9,12H,1-4,7H2. The third-order valence-electron chi connectivity index (χ3n) is 2.65. The molecule has 1 N–H and O–H groups in total. The fourth-order valence-corrected chi connectivity index (χ4v) is 2.04. The maximum Gasteiger partial charge on any atom is 0.347 e. The van der Waals surface area contributed by atoms with Crippen molar-refractivity contribution >= 4 is 11.6 Å². The smallest absolute Gasteiger partial charge is 0.312 e. The minimum Gasteiger partial charge on any atom is -0.312 e. The molecular formula is C10H14ClN3O. The van der Waals surface area contributed by atoms with Gasteiger partial charge in [0.05, 0.1) is 11.2 Å². The Morgan fingerprint density at radius 2 is 2.47 bits per heavy atom. The summed E-state index contributed by atoms with van der Waals surface area (Å²) in [7, 11) is 0. The molecule has 82 valence electrons. The highest BCUT2D eigenvalue weighted by Gasteiger charge is 2.13. The van der Waals surface area contributed by atoms with E-state index in [9.17, 15) is 4.79 Å². The zero-order chi connectivity index (χ0) is 10.7. The maximum atomic E-state index is 11.4. The molecule has 2 rings (SSSR count). The van der Waals surface area contributed by atoms with Crippen molar-refractivity contribution in [2.45, 2.75) is 31.8 Å². The van der Waals surface area contributed by atoms with Crippen LogP contribution >= 0.6 is 11.6 Å². The normalized spacial score (nSPS) is 21.5. The topological polar surface area (TPSA) is 46.9 Å². The number of rotatable bonds is 2. The molecule has 1 aliphatic heterocycles. The molecule has 0 bridgehead atoms. The predicted molar refractivity (Wildman–Crippen MR) is 59.1 cm³/mol. The van der Waals surface area contributed by atoms with E-state index in [1.165, 1.54) is 19.0 Å². The van der Waals surface area contributed by atoms with Crippen LogP contribution in [0.15, 0.2) is 17.2 Å². The quantitative estimate of drug-likeness (QED) is 0.821. The zero-order valence-electron chi connectivity index (χ0n) is 8.45.